The zero-order valence-corrected chi connectivity index (χ0v) is 11.3. The number of nitrogen functional groups attached to an aromatic ring is 1. The van der Waals surface area contributed by atoms with Crippen molar-refractivity contribution in [2.75, 3.05) is 11.1 Å². The largest absolute Gasteiger partial charge is 0.469 e. The van der Waals surface area contributed by atoms with Gasteiger partial charge >= 0.3 is 0 Å². The first kappa shape index (κ1) is 13.3. The number of aromatic nitrogens is 3. The van der Waals surface area contributed by atoms with Crippen molar-refractivity contribution in [1.82, 2.24) is 15.0 Å². The highest BCUT2D eigenvalue weighted by molar-refractivity contribution is 5.31. The van der Waals surface area contributed by atoms with Gasteiger partial charge in [0, 0.05) is 12.5 Å². The Balaban J connectivity index is 1.94. The first-order chi connectivity index (χ1) is 9.17. The lowest BCUT2D eigenvalue weighted by molar-refractivity contribution is 0.487. The molecule has 0 saturated heterocycles. The Kier molecular flexibility index (Phi) is 4.33. The lowest BCUT2D eigenvalue weighted by Gasteiger charge is -2.16. The number of anilines is 2. The fraction of sp³-hybridized carbons (Fsp3) is 0.462. The van der Waals surface area contributed by atoms with Crippen LogP contribution in [0.3, 0.4) is 0 Å². The Bertz CT molecular complexity index is 492. The van der Waals surface area contributed by atoms with Crippen LogP contribution in [0, 0.1) is 6.92 Å². The smallest absolute Gasteiger partial charge is 0.227 e. The van der Waals surface area contributed by atoms with Gasteiger partial charge in [-0.05, 0) is 31.9 Å². The van der Waals surface area contributed by atoms with E-state index < -0.39 is 0 Å². The van der Waals surface area contributed by atoms with Crippen LogP contribution < -0.4 is 11.1 Å². The molecule has 0 spiro atoms. The van der Waals surface area contributed by atoms with Crippen molar-refractivity contribution in [3.8, 4) is 0 Å². The van der Waals surface area contributed by atoms with Crippen molar-refractivity contribution >= 4 is 11.9 Å². The standard InChI is InChI=1S/C13H19N5O/c1-3-10(6-7-11-5-4-8-19-11)17-13-16-9(2)15-12(14)18-13/h4-5,8,10H,3,6-7H2,1-2H3,(H3,14,15,16,17,18). The normalized spacial score (nSPS) is 12.3. The maximum atomic E-state index is 5.61. The van der Waals surface area contributed by atoms with E-state index in [0.29, 0.717) is 11.8 Å². The summed E-state index contributed by atoms with van der Waals surface area (Å²) >= 11 is 0. The Morgan fingerprint density at radius 2 is 2.21 bits per heavy atom. The first-order valence-electron chi connectivity index (χ1n) is 6.44. The molecule has 0 aliphatic carbocycles. The second-order valence-corrected chi connectivity index (χ2v) is 4.43. The average molecular weight is 261 g/mol. The molecule has 0 radical (unpaired) electrons. The molecular weight excluding hydrogens is 242 g/mol. The summed E-state index contributed by atoms with van der Waals surface area (Å²) in [5.41, 5.74) is 5.61. The van der Waals surface area contributed by atoms with E-state index in [0.717, 1.165) is 25.0 Å². The molecule has 0 bridgehead atoms. The molecule has 1 atom stereocenters. The van der Waals surface area contributed by atoms with Gasteiger partial charge in [-0.2, -0.15) is 15.0 Å². The Hall–Kier alpha value is -2.11. The van der Waals surface area contributed by atoms with Gasteiger partial charge in [0.2, 0.25) is 11.9 Å². The summed E-state index contributed by atoms with van der Waals surface area (Å²) < 4.78 is 5.33. The number of nitrogens with two attached hydrogens (primary N) is 1. The van der Waals surface area contributed by atoms with Crippen LogP contribution in [0.25, 0.3) is 0 Å². The van der Waals surface area contributed by atoms with E-state index in [4.69, 9.17) is 10.2 Å². The minimum absolute atomic E-state index is 0.246. The third kappa shape index (κ3) is 3.94. The summed E-state index contributed by atoms with van der Waals surface area (Å²) in [4.78, 5) is 12.3. The van der Waals surface area contributed by atoms with Gasteiger partial charge in [0.15, 0.2) is 0 Å². The number of rotatable bonds is 6. The summed E-state index contributed by atoms with van der Waals surface area (Å²) in [7, 11) is 0. The first-order valence-corrected chi connectivity index (χ1v) is 6.44. The quantitative estimate of drug-likeness (QED) is 0.828. The van der Waals surface area contributed by atoms with Crippen LogP contribution in [-0.2, 0) is 6.42 Å². The molecule has 6 heteroatoms. The molecule has 0 saturated carbocycles. The zero-order chi connectivity index (χ0) is 13.7. The number of hydrogen-bond acceptors (Lipinski definition) is 6. The van der Waals surface area contributed by atoms with Gasteiger partial charge < -0.3 is 15.5 Å². The van der Waals surface area contributed by atoms with E-state index in [1.807, 2.05) is 12.1 Å². The van der Waals surface area contributed by atoms with Crippen molar-refractivity contribution in [2.45, 2.75) is 39.2 Å². The monoisotopic (exact) mass is 261 g/mol. The maximum absolute atomic E-state index is 5.61. The fourth-order valence-corrected chi connectivity index (χ4v) is 1.90. The average Bonchev–Trinajstić information content (AvgIpc) is 2.86. The highest BCUT2D eigenvalue weighted by atomic mass is 16.3. The van der Waals surface area contributed by atoms with E-state index in [-0.39, 0.29) is 12.0 Å². The molecular formula is C13H19N5O. The zero-order valence-electron chi connectivity index (χ0n) is 11.3. The predicted octanol–water partition coefficient (Wildman–Crippen LogP) is 2.18. The molecule has 0 aromatic carbocycles. The van der Waals surface area contributed by atoms with Gasteiger partial charge in [-0.25, -0.2) is 0 Å². The lowest BCUT2D eigenvalue weighted by Crippen LogP contribution is -2.21. The number of hydrogen-bond donors (Lipinski definition) is 2. The van der Waals surface area contributed by atoms with Crippen molar-refractivity contribution in [3.05, 3.63) is 30.0 Å². The van der Waals surface area contributed by atoms with Crippen LogP contribution in [0.2, 0.25) is 0 Å². The number of nitrogens with one attached hydrogen (secondary N) is 1. The summed E-state index contributed by atoms with van der Waals surface area (Å²) in [5.74, 6) is 2.40. The molecule has 6 nitrogen and oxygen atoms in total. The predicted molar refractivity (Wildman–Crippen MR) is 73.7 cm³/mol. The second kappa shape index (κ2) is 6.17. The van der Waals surface area contributed by atoms with E-state index in [1.54, 1.807) is 13.2 Å². The summed E-state index contributed by atoms with van der Waals surface area (Å²) in [6.45, 7) is 3.92. The number of nitrogens with zero attached hydrogens (tertiary/aromatic N) is 3. The van der Waals surface area contributed by atoms with Crippen molar-refractivity contribution < 1.29 is 4.42 Å². The molecule has 2 heterocycles. The third-order valence-corrected chi connectivity index (χ3v) is 2.91. The molecule has 0 aliphatic rings. The van der Waals surface area contributed by atoms with Crippen molar-refractivity contribution in [3.63, 3.8) is 0 Å². The summed E-state index contributed by atoms with van der Waals surface area (Å²) in [6, 6.07) is 4.17. The molecule has 3 N–H and O–H groups in total. The second-order valence-electron chi connectivity index (χ2n) is 4.43. The van der Waals surface area contributed by atoms with Crippen molar-refractivity contribution in [2.24, 2.45) is 0 Å². The fourth-order valence-electron chi connectivity index (χ4n) is 1.90. The Morgan fingerprint density at radius 1 is 1.37 bits per heavy atom. The minimum atomic E-state index is 0.246. The molecule has 2 rings (SSSR count). The summed E-state index contributed by atoms with van der Waals surface area (Å²) in [5, 5.41) is 3.29. The van der Waals surface area contributed by atoms with Crippen LogP contribution in [0.4, 0.5) is 11.9 Å². The van der Waals surface area contributed by atoms with Crippen LogP contribution in [0.1, 0.15) is 31.4 Å². The number of aryl methyl sites for hydroxylation is 2. The highest BCUT2D eigenvalue weighted by Crippen LogP contribution is 2.12. The van der Waals surface area contributed by atoms with Gasteiger partial charge in [-0.1, -0.05) is 6.92 Å². The van der Waals surface area contributed by atoms with Crippen molar-refractivity contribution in [1.29, 1.82) is 0 Å². The molecule has 2 aromatic heterocycles. The highest BCUT2D eigenvalue weighted by Gasteiger charge is 2.10. The topological polar surface area (TPSA) is 89.9 Å². The molecule has 0 amide bonds. The van der Waals surface area contributed by atoms with Crippen LogP contribution in [-0.4, -0.2) is 21.0 Å². The van der Waals surface area contributed by atoms with Crippen LogP contribution >= 0.6 is 0 Å². The van der Waals surface area contributed by atoms with Crippen LogP contribution in [0.5, 0.6) is 0 Å². The van der Waals surface area contributed by atoms with E-state index >= 15 is 0 Å². The Labute approximate surface area is 112 Å². The SMILES string of the molecule is CCC(CCc1ccco1)Nc1nc(C)nc(N)n1. The van der Waals surface area contributed by atoms with Gasteiger partial charge in [-0.3, -0.25) is 0 Å². The van der Waals surface area contributed by atoms with Gasteiger partial charge in [0.1, 0.15) is 11.6 Å². The molecule has 1 unspecified atom stereocenters. The van der Waals surface area contributed by atoms with Crippen LogP contribution in [0.15, 0.2) is 22.8 Å². The van der Waals surface area contributed by atoms with E-state index in [9.17, 15) is 0 Å². The Morgan fingerprint density at radius 3 is 2.84 bits per heavy atom. The third-order valence-electron chi connectivity index (χ3n) is 2.91. The van der Waals surface area contributed by atoms with E-state index in [1.165, 1.54) is 0 Å². The molecule has 0 fully saturated rings. The van der Waals surface area contributed by atoms with Gasteiger partial charge in [0.25, 0.3) is 0 Å². The van der Waals surface area contributed by atoms with Gasteiger partial charge in [-0.15, -0.1) is 0 Å². The van der Waals surface area contributed by atoms with E-state index in [2.05, 4.69) is 27.2 Å². The summed E-state index contributed by atoms with van der Waals surface area (Å²) in [6.07, 6.45) is 4.51. The molecule has 102 valence electrons. The number of furan rings is 1. The van der Waals surface area contributed by atoms with Gasteiger partial charge in [0.05, 0.1) is 6.26 Å². The molecule has 19 heavy (non-hydrogen) atoms. The lowest BCUT2D eigenvalue weighted by atomic mass is 10.1. The maximum Gasteiger partial charge on any atom is 0.227 e. The minimum Gasteiger partial charge on any atom is -0.469 e. The molecule has 2 aromatic rings. The molecule has 0 aliphatic heterocycles.